The van der Waals surface area contributed by atoms with Crippen LogP contribution in [0.3, 0.4) is 0 Å². The molecule has 0 atom stereocenters. The summed E-state index contributed by atoms with van der Waals surface area (Å²) in [4.78, 5) is 24.8. The van der Waals surface area contributed by atoms with E-state index in [0.29, 0.717) is 11.3 Å². The molecule has 0 saturated heterocycles. The third-order valence-electron chi connectivity index (χ3n) is 3.04. The molecule has 0 aliphatic heterocycles. The minimum Gasteiger partial charge on any atom is -0.360 e. The van der Waals surface area contributed by atoms with Gasteiger partial charge in [-0.2, -0.15) is 0 Å². The highest BCUT2D eigenvalue weighted by molar-refractivity contribution is 7.98. The Bertz CT molecular complexity index is 713. The Kier molecular flexibility index (Phi) is 6.43. The lowest BCUT2D eigenvalue weighted by Crippen LogP contribution is -2.39. The molecule has 128 valence electrons. The average Bonchev–Trinajstić information content (AvgIpc) is 2.96. The maximum Gasteiger partial charge on any atom is 0.252 e. The van der Waals surface area contributed by atoms with Gasteiger partial charge in [-0.05, 0) is 32.9 Å². The smallest absolute Gasteiger partial charge is 0.252 e. The first-order chi connectivity index (χ1) is 11.5. The fourth-order valence-corrected chi connectivity index (χ4v) is 2.97. The van der Waals surface area contributed by atoms with Crippen molar-refractivity contribution in [2.24, 2.45) is 0 Å². The summed E-state index contributed by atoms with van der Waals surface area (Å²) in [5, 5.41) is 9.23. The van der Waals surface area contributed by atoms with E-state index in [1.165, 1.54) is 11.8 Å². The Labute approximate surface area is 145 Å². The van der Waals surface area contributed by atoms with Gasteiger partial charge in [0.15, 0.2) is 0 Å². The Morgan fingerprint density at radius 3 is 2.71 bits per heavy atom. The SMILES string of the molecule is Cc1cc(CSc2ccccc2C(=O)NCC(=O)NC(C)C)on1. The summed E-state index contributed by atoms with van der Waals surface area (Å²) >= 11 is 1.49. The van der Waals surface area contributed by atoms with Crippen molar-refractivity contribution >= 4 is 23.6 Å². The number of hydrogen-bond acceptors (Lipinski definition) is 5. The summed E-state index contributed by atoms with van der Waals surface area (Å²) < 4.78 is 5.18. The van der Waals surface area contributed by atoms with E-state index in [9.17, 15) is 9.59 Å². The maximum absolute atomic E-state index is 12.3. The van der Waals surface area contributed by atoms with Crippen LogP contribution in [-0.4, -0.2) is 29.6 Å². The number of amides is 2. The molecule has 0 aliphatic rings. The van der Waals surface area contributed by atoms with Gasteiger partial charge in [-0.25, -0.2) is 0 Å². The highest BCUT2D eigenvalue weighted by atomic mass is 32.2. The third-order valence-corrected chi connectivity index (χ3v) is 4.13. The summed E-state index contributed by atoms with van der Waals surface area (Å²) in [6.07, 6.45) is 0. The summed E-state index contributed by atoms with van der Waals surface area (Å²) in [5.74, 6) is 0.856. The molecule has 2 aromatic rings. The maximum atomic E-state index is 12.3. The molecule has 2 rings (SSSR count). The second-order valence-electron chi connectivity index (χ2n) is 5.62. The molecule has 6 nitrogen and oxygen atoms in total. The average molecular weight is 347 g/mol. The van der Waals surface area contributed by atoms with Crippen LogP contribution in [0.5, 0.6) is 0 Å². The molecule has 0 radical (unpaired) electrons. The summed E-state index contributed by atoms with van der Waals surface area (Å²) in [6, 6.07) is 9.19. The minimum atomic E-state index is -0.272. The van der Waals surface area contributed by atoms with Crippen LogP contribution >= 0.6 is 11.8 Å². The zero-order chi connectivity index (χ0) is 17.5. The number of hydrogen-bond donors (Lipinski definition) is 2. The standard InChI is InChI=1S/C17H21N3O3S/c1-11(2)19-16(21)9-18-17(22)14-6-4-5-7-15(14)24-10-13-8-12(3)20-23-13/h4-8,11H,9-10H2,1-3H3,(H,18,22)(H,19,21). The van der Waals surface area contributed by atoms with Crippen molar-refractivity contribution < 1.29 is 14.1 Å². The summed E-state index contributed by atoms with van der Waals surface area (Å²) in [7, 11) is 0. The van der Waals surface area contributed by atoms with Crippen LogP contribution in [0.1, 0.15) is 35.7 Å². The van der Waals surface area contributed by atoms with E-state index in [1.807, 2.05) is 39.0 Å². The number of thioether (sulfide) groups is 1. The molecule has 0 bridgehead atoms. The van der Waals surface area contributed by atoms with Crippen molar-refractivity contribution in [1.29, 1.82) is 0 Å². The molecular formula is C17H21N3O3S. The number of rotatable bonds is 7. The first-order valence-corrected chi connectivity index (χ1v) is 8.66. The Balaban J connectivity index is 1.97. The molecule has 1 aromatic heterocycles. The van der Waals surface area contributed by atoms with Gasteiger partial charge in [0.1, 0.15) is 5.76 Å². The largest absolute Gasteiger partial charge is 0.360 e. The number of nitrogens with one attached hydrogen (secondary N) is 2. The minimum absolute atomic E-state index is 0.0441. The fourth-order valence-electron chi connectivity index (χ4n) is 2.04. The highest BCUT2D eigenvalue weighted by Gasteiger charge is 2.13. The van der Waals surface area contributed by atoms with Crippen LogP contribution < -0.4 is 10.6 Å². The van der Waals surface area contributed by atoms with Crippen LogP contribution in [0.25, 0.3) is 0 Å². The van der Waals surface area contributed by atoms with Crippen LogP contribution in [-0.2, 0) is 10.5 Å². The normalized spacial score (nSPS) is 10.7. The second-order valence-corrected chi connectivity index (χ2v) is 6.64. The van der Waals surface area contributed by atoms with Gasteiger partial charge in [-0.1, -0.05) is 17.3 Å². The zero-order valence-corrected chi connectivity index (χ0v) is 14.8. The second kappa shape index (κ2) is 8.54. The van der Waals surface area contributed by atoms with Crippen LogP contribution in [0, 0.1) is 6.92 Å². The predicted octanol–water partition coefficient (Wildman–Crippen LogP) is 2.53. The van der Waals surface area contributed by atoms with Crippen molar-refractivity contribution in [3.05, 3.63) is 47.3 Å². The van der Waals surface area contributed by atoms with Crippen LogP contribution in [0.2, 0.25) is 0 Å². The van der Waals surface area contributed by atoms with Gasteiger partial charge in [0.2, 0.25) is 5.91 Å². The van der Waals surface area contributed by atoms with E-state index in [2.05, 4.69) is 15.8 Å². The number of carbonyl (C=O) groups is 2. The molecule has 24 heavy (non-hydrogen) atoms. The van der Waals surface area contributed by atoms with Gasteiger partial charge in [-0.15, -0.1) is 11.8 Å². The number of aromatic nitrogens is 1. The van der Waals surface area contributed by atoms with E-state index < -0.39 is 0 Å². The van der Waals surface area contributed by atoms with E-state index in [1.54, 1.807) is 12.1 Å². The van der Waals surface area contributed by atoms with Crippen molar-refractivity contribution in [2.75, 3.05) is 6.54 Å². The molecule has 0 saturated carbocycles. The lowest BCUT2D eigenvalue weighted by Gasteiger charge is -2.11. The lowest BCUT2D eigenvalue weighted by molar-refractivity contribution is -0.120. The predicted molar refractivity (Wildman–Crippen MR) is 92.9 cm³/mol. The quantitative estimate of drug-likeness (QED) is 0.752. The fraction of sp³-hybridized carbons (Fsp3) is 0.353. The molecule has 2 amide bonds. The Morgan fingerprint density at radius 1 is 1.29 bits per heavy atom. The highest BCUT2D eigenvalue weighted by Crippen LogP contribution is 2.26. The van der Waals surface area contributed by atoms with Crippen molar-refractivity contribution in [2.45, 2.75) is 37.5 Å². The third kappa shape index (κ3) is 5.42. The van der Waals surface area contributed by atoms with Gasteiger partial charge in [-0.3, -0.25) is 9.59 Å². The number of nitrogens with zero attached hydrogens (tertiary/aromatic N) is 1. The van der Waals surface area contributed by atoms with Gasteiger partial charge in [0.05, 0.1) is 23.6 Å². The zero-order valence-electron chi connectivity index (χ0n) is 14.0. The summed E-state index contributed by atoms with van der Waals surface area (Å²) in [5.41, 5.74) is 1.36. The molecule has 1 heterocycles. The van der Waals surface area contributed by atoms with Gasteiger partial charge in [0.25, 0.3) is 5.91 Å². The van der Waals surface area contributed by atoms with Gasteiger partial charge in [0, 0.05) is 17.0 Å². The van der Waals surface area contributed by atoms with Gasteiger partial charge >= 0.3 is 0 Å². The van der Waals surface area contributed by atoms with Crippen LogP contribution in [0.4, 0.5) is 0 Å². The molecular weight excluding hydrogens is 326 g/mol. The van der Waals surface area contributed by atoms with Crippen molar-refractivity contribution in [1.82, 2.24) is 15.8 Å². The molecule has 0 unspecified atom stereocenters. The monoisotopic (exact) mass is 347 g/mol. The van der Waals surface area contributed by atoms with Crippen molar-refractivity contribution in [3.8, 4) is 0 Å². The van der Waals surface area contributed by atoms with Gasteiger partial charge < -0.3 is 15.2 Å². The Hall–Kier alpha value is -2.28. The number of carbonyl (C=O) groups excluding carboxylic acids is 2. The first-order valence-electron chi connectivity index (χ1n) is 7.67. The number of aryl methyl sites for hydroxylation is 1. The first kappa shape index (κ1) is 18.1. The van der Waals surface area contributed by atoms with E-state index in [0.717, 1.165) is 16.3 Å². The van der Waals surface area contributed by atoms with E-state index in [-0.39, 0.29) is 24.4 Å². The molecule has 7 heteroatoms. The molecule has 0 spiro atoms. The van der Waals surface area contributed by atoms with Crippen molar-refractivity contribution in [3.63, 3.8) is 0 Å². The molecule has 0 fully saturated rings. The molecule has 1 aromatic carbocycles. The number of benzene rings is 1. The van der Waals surface area contributed by atoms with Crippen LogP contribution in [0.15, 0.2) is 39.8 Å². The molecule has 0 aliphatic carbocycles. The molecule has 2 N–H and O–H groups in total. The summed E-state index contributed by atoms with van der Waals surface area (Å²) in [6.45, 7) is 5.56. The van der Waals surface area contributed by atoms with E-state index >= 15 is 0 Å². The Morgan fingerprint density at radius 2 is 2.04 bits per heavy atom. The topological polar surface area (TPSA) is 84.2 Å². The lowest BCUT2D eigenvalue weighted by atomic mass is 10.2. The van der Waals surface area contributed by atoms with E-state index in [4.69, 9.17) is 4.52 Å².